The van der Waals surface area contributed by atoms with E-state index in [1.165, 1.54) is 0 Å². The van der Waals surface area contributed by atoms with Gasteiger partial charge in [-0.2, -0.15) is 0 Å². The minimum absolute atomic E-state index is 0.286. The highest BCUT2D eigenvalue weighted by Gasteiger charge is 2.27. The first-order valence-corrected chi connectivity index (χ1v) is 4.40. The Labute approximate surface area is 71.7 Å². The molecule has 1 atom stereocenters. The molecule has 0 aromatic rings. The molecule has 2 aliphatic rings. The Morgan fingerprint density at radius 1 is 1.33 bits per heavy atom. The monoisotopic (exact) mass is 170 g/mol. The maximum atomic E-state index is 5.43. The molecule has 0 radical (unpaired) electrons. The number of rotatable bonds is 1. The van der Waals surface area contributed by atoms with E-state index in [4.69, 9.17) is 15.2 Å². The Morgan fingerprint density at radius 2 is 2.08 bits per heavy atom. The van der Waals surface area contributed by atoms with E-state index in [0.717, 1.165) is 26.1 Å². The zero-order valence-corrected chi connectivity index (χ0v) is 7.03. The molecule has 2 aliphatic heterocycles. The normalized spacial score (nSPS) is 31.3. The largest absolute Gasteiger partial charge is 0.463 e. The molecular weight excluding hydrogens is 156 g/mol. The summed E-state index contributed by atoms with van der Waals surface area (Å²) in [6.07, 6.45) is 2.18. The van der Waals surface area contributed by atoms with Crippen LogP contribution in [0.4, 0.5) is 0 Å². The van der Waals surface area contributed by atoms with Gasteiger partial charge < -0.3 is 15.2 Å². The van der Waals surface area contributed by atoms with Gasteiger partial charge in [0.25, 0.3) is 6.02 Å². The minimum atomic E-state index is 0.286. The Bertz CT molecular complexity index is 187. The number of amidine groups is 1. The molecule has 0 aromatic carbocycles. The third-order valence-corrected chi connectivity index (χ3v) is 2.51. The topological polar surface area (TPSA) is 56.8 Å². The third-order valence-electron chi connectivity index (χ3n) is 2.51. The van der Waals surface area contributed by atoms with Gasteiger partial charge >= 0.3 is 0 Å². The lowest BCUT2D eigenvalue weighted by Crippen LogP contribution is -2.27. The van der Waals surface area contributed by atoms with Crippen molar-refractivity contribution in [3.05, 3.63) is 0 Å². The average molecular weight is 170 g/mol. The molecule has 4 nitrogen and oxygen atoms in total. The van der Waals surface area contributed by atoms with Gasteiger partial charge in [-0.15, -0.1) is 0 Å². The molecular formula is C8H14N2O2. The minimum Gasteiger partial charge on any atom is -0.463 e. The van der Waals surface area contributed by atoms with Crippen LogP contribution in [0.5, 0.6) is 0 Å². The van der Waals surface area contributed by atoms with E-state index < -0.39 is 0 Å². The highest BCUT2D eigenvalue weighted by Crippen LogP contribution is 2.23. The van der Waals surface area contributed by atoms with Crippen LogP contribution < -0.4 is 5.73 Å². The molecule has 1 saturated heterocycles. The van der Waals surface area contributed by atoms with Gasteiger partial charge in [0, 0.05) is 13.2 Å². The molecule has 68 valence electrons. The van der Waals surface area contributed by atoms with Crippen LogP contribution in [0.25, 0.3) is 0 Å². The molecule has 0 spiro atoms. The lowest BCUT2D eigenvalue weighted by Gasteiger charge is -2.24. The average Bonchev–Trinajstić information content (AvgIpc) is 2.54. The summed E-state index contributed by atoms with van der Waals surface area (Å²) in [5.41, 5.74) is 5.43. The van der Waals surface area contributed by atoms with E-state index in [9.17, 15) is 0 Å². The zero-order chi connectivity index (χ0) is 8.39. The Hall–Kier alpha value is -0.770. The van der Waals surface area contributed by atoms with Crippen LogP contribution >= 0.6 is 0 Å². The number of hydrogen-bond donors (Lipinski definition) is 1. The van der Waals surface area contributed by atoms with Crippen molar-refractivity contribution < 1.29 is 9.47 Å². The summed E-state index contributed by atoms with van der Waals surface area (Å²) in [6.45, 7) is 2.38. The Kier molecular flexibility index (Phi) is 2.17. The number of hydrogen-bond acceptors (Lipinski definition) is 4. The van der Waals surface area contributed by atoms with E-state index in [1.807, 2.05) is 0 Å². The van der Waals surface area contributed by atoms with Crippen molar-refractivity contribution in [3.63, 3.8) is 0 Å². The molecule has 2 N–H and O–H groups in total. The number of aliphatic imine (C=N–C) groups is 1. The van der Waals surface area contributed by atoms with Crippen molar-refractivity contribution >= 4 is 6.02 Å². The molecule has 4 heteroatoms. The van der Waals surface area contributed by atoms with Crippen LogP contribution in [0, 0.1) is 5.92 Å². The van der Waals surface area contributed by atoms with Gasteiger partial charge in [-0.05, 0) is 18.8 Å². The van der Waals surface area contributed by atoms with E-state index in [1.54, 1.807) is 0 Å². The molecule has 0 amide bonds. The molecule has 12 heavy (non-hydrogen) atoms. The second-order valence-corrected chi connectivity index (χ2v) is 3.30. The van der Waals surface area contributed by atoms with Gasteiger partial charge in [0.05, 0.1) is 6.04 Å². The fourth-order valence-electron chi connectivity index (χ4n) is 1.75. The van der Waals surface area contributed by atoms with E-state index >= 15 is 0 Å². The van der Waals surface area contributed by atoms with Gasteiger partial charge in [-0.25, -0.2) is 4.99 Å². The second kappa shape index (κ2) is 3.31. The molecule has 0 aliphatic carbocycles. The molecule has 2 rings (SSSR count). The van der Waals surface area contributed by atoms with Gasteiger partial charge in [0.1, 0.15) is 6.61 Å². The van der Waals surface area contributed by atoms with Crippen LogP contribution in [0.2, 0.25) is 0 Å². The molecule has 2 heterocycles. The highest BCUT2D eigenvalue weighted by molar-refractivity contribution is 5.73. The SMILES string of the molecule is NC1=NC(C2CCOCC2)CO1. The zero-order valence-electron chi connectivity index (χ0n) is 7.03. The standard InChI is InChI=1S/C8H14N2O2/c9-8-10-7(5-12-8)6-1-3-11-4-2-6/h6-7H,1-5H2,(H2,9,10). The summed E-state index contributed by atoms with van der Waals surface area (Å²) in [7, 11) is 0. The molecule has 1 fully saturated rings. The molecule has 0 saturated carbocycles. The first-order chi connectivity index (χ1) is 5.86. The van der Waals surface area contributed by atoms with Crippen molar-refractivity contribution in [2.24, 2.45) is 16.6 Å². The first kappa shape index (κ1) is 7.86. The summed E-state index contributed by atoms with van der Waals surface area (Å²) >= 11 is 0. The van der Waals surface area contributed by atoms with Crippen molar-refractivity contribution in [2.75, 3.05) is 19.8 Å². The summed E-state index contributed by atoms with van der Waals surface area (Å²) in [6, 6.07) is 0.639. The van der Waals surface area contributed by atoms with Gasteiger partial charge in [-0.3, -0.25) is 0 Å². The maximum absolute atomic E-state index is 5.43. The van der Waals surface area contributed by atoms with E-state index in [2.05, 4.69) is 4.99 Å². The summed E-state index contributed by atoms with van der Waals surface area (Å²) in [5, 5.41) is 0. The van der Waals surface area contributed by atoms with E-state index in [-0.39, 0.29) is 6.04 Å². The second-order valence-electron chi connectivity index (χ2n) is 3.30. The number of ether oxygens (including phenoxy) is 2. The quantitative estimate of drug-likeness (QED) is 0.608. The van der Waals surface area contributed by atoms with Crippen LogP contribution in [0.3, 0.4) is 0 Å². The lowest BCUT2D eigenvalue weighted by atomic mass is 9.93. The maximum Gasteiger partial charge on any atom is 0.282 e. The van der Waals surface area contributed by atoms with Crippen LogP contribution in [0.15, 0.2) is 4.99 Å². The molecule has 0 bridgehead atoms. The predicted octanol–water partition coefficient (Wildman–Crippen LogP) is 0.126. The van der Waals surface area contributed by atoms with Gasteiger partial charge in [0.2, 0.25) is 0 Å². The number of nitrogens with zero attached hydrogens (tertiary/aromatic N) is 1. The number of nitrogens with two attached hydrogens (primary N) is 1. The Balaban J connectivity index is 1.91. The Morgan fingerprint density at radius 3 is 2.67 bits per heavy atom. The fraction of sp³-hybridized carbons (Fsp3) is 0.875. The van der Waals surface area contributed by atoms with Gasteiger partial charge in [0.15, 0.2) is 0 Å². The van der Waals surface area contributed by atoms with Crippen LogP contribution in [-0.2, 0) is 9.47 Å². The fourth-order valence-corrected chi connectivity index (χ4v) is 1.75. The first-order valence-electron chi connectivity index (χ1n) is 4.40. The van der Waals surface area contributed by atoms with Crippen LogP contribution in [0.1, 0.15) is 12.8 Å². The lowest BCUT2D eigenvalue weighted by molar-refractivity contribution is 0.0555. The summed E-state index contributed by atoms with van der Waals surface area (Å²) in [4.78, 5) is 4.23. The summed E-state index contributed by atoms with van der Waals surface area (Å²) < 4.78 is 10.4. The van der Waals surface area contributed by atoms with E-state index in [0.29, 0.717) is 18.5 Å². The summed E-state index contributed by atoms with van der Waals surface area (Å²) in [5.74, 6) is 0.611. The molecule has 1 unspecified atom stereocenters. The third kappa shape index (κ3) is 1.53. The predicted molar refractivity (Wildman–Crippen MR) is 44.9 cm³/mol. The van der Waals surface area contributed by atoms with Crippen molar-refractivity contribution in [2.45, 2.75) is 18.9 Å². The van der Waals surface area contributed by atoms with Crippen molar-refractivity contribution in [3.8, 4) is 0 Å². The smallest absolute Gasteiger partial charge is 0.282 e. The highest BCUT2D eigenvalue weighted by atomic mass is 16.5. The van der Waals surface area contributed by atoms with Crippen molar-refractivity contribution in [1.29, 1.82) is 0 Å². The van der Waals surface area contributed by atoms with Crippen molar-refractivity contribution in [1.82, 2.24) is 0 Å². The molecule has 0 aromatic heterocycles. The van der Waals surface area contributed by atoms with Crippen LogP contribution in [-0.4, -0.2) is 31.9 Å². The van der Waals surface area contributed by atoms with Gasteiger partial charge in [-0.1, -0.05) is 0 Å².